The quantitative estimate of drug-likeness (QED) is 0.670. The van der Waals surface area contributed by atoms with Crippen LogP contribution in [-0.4, -0.2) is 19.5 Å². The lowest BCUT2D eigenvalue weighted by Crippen LogP contribution is -2.00. The molecule has 0 saturated carbocycles. The normalized spacial score (nSPS) is 10.9. The molecular formula is C13H12N4. The maximum absolute atomic E-state index is 4.29. The van der Waals surface area contributed by atoms with Crippen LogP contribution in [0.2, 0.25) is 0 Å². The topological polar surface area (TPSA) is 43.6 Å². The van der Waals surface area contributed by atoms with Gasteiger partial charge in [0.15, 0.2) is 5.65 Å². The summed E-state index contributed by atoms with van der Waals surface area (Å²) in [6.07, 6.45) is 3.37. The molecule has 4 heteroatoms. The second-order valence-electron chi connectivity index (χ2n) is 3.99. The van der Waals surface area contributed by atoms with Crippen LogP contribution in [0.5, 0.6) is 0 Å². The number of hydrogen-bond acceptors (Lipinski definition) is 3. The Kier molecular flexibility index (Phi) is 2.33. The molecule has 0 aliphatic rings. The third kappa shape index (κ3) is 1.78. The lowest BCUT2D eigenvalue weighted by atomic mass is 10.2. The first-order chi connectivity index (χ1) is 8.34. The van der Waals surface area contributed by atoms with Gasteiger partial charge in [-0.25, -0.2) is 15.0 Å². The summed E-state index contributed by atoms with van der Waals surface area (Å²) < 4.78 is 2.08. The first kappa shape index (κ1) is 9.96. The van der Waals surface area contributed by atoms with Crippen molar-refractivity contribution in [3.8, 4) is 0 Å². The van der Waals surface area contributed by atoms with Gasteiger partial charge in [0.2, 0.25) is 0 Å². The molecule has 0 atom stereocenters. The van der Waals surface area contributed by atoms with Crippen LogP contribution >= 0.6 is 0 Å². The number of benzene rings is 1. The minimum Gasteiger partial charge on any atom is -0.323 e. The monoisotopic (exact) mass is 224 g/mol. The second-order valence-corrected chi connectivity index (χ2v) is 3.99. The van der Waals surface area contributed by atoms with Gasteiger partial charge in [0.25, 0.3) is 0 Å². The van der Waals surface area contributed by atoms with Gasteiger partial charge in [-0.2, -0.15) is 0 Å². The Morgan fingerprint density at radius 3 is 2.71 bits per heavy atom. The molecule has 2 heterocycles. The van der Waals surface area contributed by atoms with E-state index in [1.807, 2.05) is 31.5 Å². The van der Waals surface area contributed by atoms with Gasteiger partial charge in [-0.3, -0.25) is 0 Å². The van der Waals surface area contributed by atoms with E-state index < -0.39 is 0 Å². The summed E-state index contributed by atoms with van der Waals surface area (Å²) >= 11 is 0. The fourth-order valence-electron chi connectivity index (χ4n) is 1.97. The highest BCUT2D eigenvalue weighted by Gasteiger charge is 2.07. The Morgan fingerprint density at radius 1 is 1.06 bits per heavy atom. The molecule has 84 valence electrons. The first-order valence-corrected chi connectivity index (χ1v) is 5.51. The molecule has 0 aliphatic carbocycles. The van der Waals surface area contributed by atoms with Crippen LogP contribution in [0.1, 0.15) is 11.3 Å². The lowest BCUT2D eigenvalue weighted by Gasteiger charge is -2.05. The lowest BCUT2D eigenvalue weighted by molar-refractivity contribution is 0.819. The summed E-state index contributed by atoms with van der Waals surface area (Å²) in [6, 6.07) is 10.3. The predicted molar refractivity (Wildman–Crippen MR) is 65.6 cm³/mol. The Morgan fingerprint density at radius 2 is 1.88 bits per heavy atom. The number of aromatic nitrogens is 4. The third-order valence-corrected chi connectivity index (χ3v) is 2.79. The van der Waals surface area contributed by atoms with E-state index in [0.29, 0.717) is 0 Å². The Labute approximate surface area is 99.0 Å². The predicted octanol–water partition coefficient (Wildman–Crippen LogP) is 2.18. The SMILES string of the molecule is Cc1ncnc2ncn(Cc3ccccc3)c12. The fraction of sp³-hybridized carbons (Fsp3) is 0.154. The number of imidazole rings is 1. The number of nitrogens with zero attached hydrogens (tertiary/aromatic N) is 4. The molecule has 0 saturated heterocycles. The largest absolute Gasteiger partial charge is 0.323 e. The van der Waals surface area contributed by atoms with Gasteiger partial charge in [-0.15, -0.1) is 0 Å². The molecule has 0 spiro atoms. The molecule has 2 aromatic heterocycles. The van der Waals surface area contributed by atoms with Gasteiger partial charge < -0.3 is 4.57 Å². The molecule has 17 heavy (non-hydrogen) atoms. The number of fused-ring (bicyclic) bond motifs is 1. The van der Waals surface area contributed by atoms with E-state index in [9.17, 15) is 0 Å². The van der Waals surface area contributed by atoms with Crippen molar-refractivity contribution in [1.82, 2.24) is 19.5 Å². The maximum atomic E-state index is 4.29. The molecule has 0 aliphatic heterocycles. The number of rotatable bonds is 2. The van der Waals surface area contributed by atoms with Crippen LogP contribution in [0.4, 0.5) is 0 Å². The molecule has 0 amide bonds. The van der Waals surface area contributed by atoms with Crippen molar-refractivity contribution < 1.29 is 0 Å². The van der Waals surface area contributed by atoms with E-state index in [1.54, 1.807) is 6.33 Å². The molecule has 0 N–H and O–H groups in total. The molecule has 3 rings (SSSR count). The van der Waals surface area contributed by atoms with E-state index in [1.165, 1.54) is 5.56 Å². The van der Waals surface area contributed by atoms with Gasteiger partial charge in [-0.1, -0.05) is 30.3 Å². The second kappa shape index (κ2) is 3.97. The highest BCUT2D eigenvalue weighted by atomic mass is 15.1. The summed E-state index contributed by atoms with van der Waals surface area (Å²) in [7, 11) is 0. The zero-order chi connectivity index (χ0) is 11.7. The molecule has 4 nitrogen and oxygen atoms in total. The van der Waals surface area contributed by atoms with E-state index in [2.05, 4.69) is 31.7 Å². The minimum absolute atomic E-state index is 0.758. The fourth-order valence-corrected chi connectivity index (χ4v) is 1.97. The Bertz CT molecular complexity index is 643. The van der Waals surface area contributed by atoms with Crippen molar-refractivity contribution in [2.24, 2.45) is 0 Å². The number of hydrogen-bond donors (Lipinski definition) is 0. The van der Waals surface area contributed by atoms with Gasteiger partial charge in [0, 0.05) is 6.54 Å². The average molecular weight is 224 g/mol. The summed E-state index contributed by atoms with van der Waals surface area (Å²) in [6.45, 7) is 2.78. The molecule has 3 aromatic rings. The van der Waals surface area contributed by atoms with Crippen molar-refractivity contribution in [2.45, 2.75) is 13.5 Å². The van der Waals surface area contributed by atoms with Crippen molar-refractivity contribution >= 4 is 11.2 Å². The van der Waals surface area contributed by atoms with Crippen molar-refractivity contribution in [3.63, 3.8) is 0 Å². The molecule has 0 fully saturated rings. The molecular weight excluding hydrogens is 212 g/mol. The number of aryl methyl sites for hydroxylation is 1. The van der Waals surface area contributed by atoms with E-state index in [-0.39, 0.29) is 0 Å². The molecule has 0 bridgehead atoms. The van der Waals surface area contributed by atoms with Crippen molar-refractivity contribution in [2.75, 3.05) is 0 Å². The summed E-state index contributed by atoms with van der Waals surface area (Å²) in [5.74, 6) is 0. The van der Waals surface area contributed by atoms with Crippen molar-refractivity contribution in [1.29, 1.82) is 0 Å². The summed E-state index contributed by atoms with van der Waals surface area (Å²) in [5.41, 5.74) is 3.98. The first-order valence-electron chi connectivity index (χ1n) is 5.51. The van der Waals surface area contributed by atoms with E-state index >= 15 is 0 Å². The van der Waals surface area contributed by atoms with Crippen molar-refractivity contribution in [3.05, 3.63) is 54.2 Å². The van der Waals surface area contributed by atoms with E-state index in [4.69, 9.17) is 0 Å². The van der Waals surface area contributed by atoms with Gasteiger partial charge in [0.1, 0.15) is 11.8 Å². The minimum atomic E-state index is 0.758. The van der Waals surface area contributed by atoms with Crippen LogP contribution in [-0.2, 0) is 6.54 Å². The Hall–Kier alpha value is -2.23. The van der Waals surface area contributed by atoms with Gasteiger partial charge in [0.05, 0.1) is 12.0 Å². The third-order valence-electron chi connectivity index (χ3n) is 2.79. The molecule has 1 aromatic carbocycles. The van der Waals surface area contributed by atoms with Crippen LogP contribution in [0.25, 0.3) is 11.2 Å². The van der Waals surface area contributed by atoms with Gasteiger partial charge in [-0.05, 0) is 12.5 Å². The van der Waals surface area contributed by atoms with Gasteiger partial charge >= 0.3 is 0 Å². The highest BCUT2D eigenvalue weighted by Crippen LogP contribution is 2.14. The smallest absolute Gasteiger partial charge is 0.181 e. The zero-order valence-electron chi connectivity index (χ0n) is 9.54. The summed E-state index contributed by atoms with van der Waals surface area (Å²) in [4.78, 5) is 12.7. The maximum Gasteiger partial charge on any atom is 0.181 e. The van der Waals surface area contributed by atoms with Crippen LogP contribution in [0.3, 0.4) is 0 Å². The standard InChI is InChI=1S/C13H12N4/c1-10-12-13(15-8-14-10)16-9-17(12)7-11-5-3-2-4-6-11/h2-6,8-9H,7H2,1H3. The average Bonchev–Trinajstić information content (AvgIpc) is 2.75. The van der Waals surface area contributed by atoms with Crippen LogP contribution in [0, 0.1) is 6.92 Å². The highest BCUT2D eigenvalue weighted by molar-refractivity contribution is 5.72. The van der Waals surface area contributed by atoms with Crippen LogP contribution in [0.15, 0.2) is 43.0 Å². The summed E-state index contributed by atoms with van der Waals surface area (Å²) in [5, 5.41) is 0. The molecule has 0 unspecified atom stereocenters. The molecule has 0 radical (unpaired) electrons. The Balaban J connectivity index is 2.07. The zero-order valence-corrected chi connectivity index (χ0v) is 9.54. The van der Waals surface area contributed by atoms with Crippen LogP contribution < -0.4 is 0 Å². The van der Waals surface area contributed by atoms with E-state index in [0.717, 1.165) is 23.4 Å².